The zero-order chi connectivity index (χ0) is 13.8. The first kappa shape index (κ1) is 15.4. The van der Waals surface area contributed by atoms with E-state index in [4.69, 9.17) is 4.74 Å². The van der Waals surface area contributed by atoms with Crippen molar-refractivity contribution in [3.63, 3.8) is 0 Å². The minimum Gasteiger partial charge on any atom is -0.460 e. The molecule has 1 rings (SSSR count). The number of piperidine rings is 1. The van der Waals surface area contributed by atoms with Crippen molar-refractivity contribution in [2.45, 2.75) is 52.7 Å². The van der Waals surface area contributed by atoms with Crippen LogP contribution in [0.1, 0.15) is 41.0 Å². The number of ether oxygens (including phenoxy) is 1. The van der Waals surface area contributed by atoms with Crippen LogP contribution in [-0.4, -0.2) is 48.7 Å². The average molecular weight is 256 g/mol. The van der Waals surface area contributed by atoms with E-state index < -0.39 is 0 Å². The van der Waals surface area contributed by atoms with Gasteiger partial charge in [0.1, 0.15) is 5.60 Å². The van der Waals surface area contributed by atoms with Crippen LogP contribution in [0.4, 0.5) is 0 Å². The quantitative estimate of drug-likeness (QED) is 0.777. The topological polar surface area (TPSA) is 41.6 Å². The van der Waals surface area contributed by atoms with E-state index in [0.29, 0.717) is 6.04 Å². The monoisotopic (exact) mass is 256 g/mol. The Morgan fingerprint density at radius 2 is 1.89 bits per heavy atom. The zero-order valence-electron chi connectivity index (χ0n) is 12.5. The first-order valence-electron chi connectivity index (χ1n) is 7.05. The Kier molecular flexibility index (Phi) is 5.60. The van der Waals surface area contributed by atoms with E-state index >= 15 is 0 Å². The predicted molar refractivity (Wildman–Crippen MR) is 73.5 cm³/mol. The normalized spacial score (nSPS) is 25.2. The Hall–Kier alpha value is -0.610. The van der Waals surface area contributed by atoms with E-state index in [9.17, 15) is 4.79 Å². The summed E-state index contributed by atoms with van der Waals surface area (Å²) in [5.74, 6) is -0.0737. The van der Waals surface area contributed by atoms with Crippen molar-refractivity contribution in [1.82, 2.24) is 10.2 Å². The Morgan fingerprint density at radius 1 is 1.28 bits per heavy atom. The van der Waals surface area contributed by atoms with Crippen molar-refractivity contribution in [2.75, 3.05) is 26.2 Å². The van der Waals surface area contributed by atoms with Crippen LogP contribution in [0.3, 0.4) is 0 Å². The maximum Gasteiger partial charge on any atom is 0.310 e. The minimum atomic E-state index is -0.390. The van der Waals surface area contributed by atoms with E-state index in [2.05, 4.69) is 24.1 Å². The van der Waals surface area contributed by atoms with Crippen molar-refractivity contribution >= 4 is 5.97 Å². The van der Waals surface area contributed by atoms with E-state index in [0.717, 1.165) is 32.6 Å². The zero-order valence-corrected chi connectivity index (χ0v) is 12.5. The van der Waals surface area contributed by atoms with Gasteiger partial charge < -0.3 is 10.1 Å². The molecule has 0 radical (unpaired) electrons. The van der Waals surface area contributed by atoms with Crippen molar-refractivity contribution in [3.05, 3.63) is 0 Å². The van der Waals surface area contributed by atoms with Gasteiger partial charge in [0.05, 0.1) is 5.92 Å². The second kappa shape index (κ2) is 6.53. The third-order valence-corrected chi connectivity index (χ3v) is 3.40. The number of carbonyl (C=O) groups excluding carboxylic acids is 1. The molecule has 2 unspecified atom stereocenters. The highest BCUT2D eigenvalue weighted by Crippen LogP contribution is 2.20. The van der Waals surface area contributed by atoms with Crippen LogP contribution in [0.25, 0.3) is 0 Å². The molecule has 0 aromatic rings. The molecule has 1 aliphatic rings. The van der Waals surface area contributed by atoms with Gasteiger partial charge >= 0.3 is 5.97 Å². The van der Waals surface area contributed by atoms with Crippen molar-refractivity contribution in [1.29, 1.82) is 0 Å². The van der Waals surface area contributed by atoms with E-state index in [1.165, 1.54) is 0 Å². The minimum absolute atomic E-state index is 0.0106. The van der Waals surface area contributed by atoms with Crippen LogP contribution in [0.15, 0.2) is 0 Å². The van der Waals surface area contributed by atoms with Gasteiger partial charge in [-0.15, -0.1) is 0 Å². The molecule has 1 N–H and O–H groups in total. The largest absolute Gasteiger partial charge is 0.460 e. The lowest BCUT2D eigenvalue weighted by atomic mass is 9.94. The summed E-state index contributed by atoms with van der Waals surface area (Å²) < 4.78 is 5.48. The third kappa shape index (κ3) is 4.58. The number of likely N-dealkylation sites (N-methyl/N-ethyl adjacent to an activating group) is 1. The highest BCUT2D eigenvalue weighted by atomic mass is 16.6. The molecule has 0 aromatic carbocycles. The summed E-state index contributed by atoms with van der Waals surface area (Å²) in [6, 6.07) is 0.450. The number of rotatable bonds is 4. The fraction of sp³-hybridized carbons (Fsp3) is 0.929. The van der Waals surface area contributed by atoms with Gasteiger partial charge in [0.2, 0.25) is 0 Å². The van der Waals surface area contributed by atoms with Crippen molar-refractivity contribution in [2.24, 2.45) is 5.92 Å². The number of esters is 1. The number of nitrogens with zero attached hydrogens (tertiary/aromatic N) is 1. The van der Waals surface area contributed by atoms with Crippen LogP contribution in [0.5, 0.6) is 0 Å². The lowest BCUT2D eigenvalue weighted by Crippen LogP contribution is -2.51. The summed E-state index contributed by atoms with van der Waals surface area (Å²) >= 11 is 0. The molecular weight excluding hydrogens is 228 g/mol. The van der Waals surface area contributed by atoms with Gasteiger partial charge in [0.25, 0.3) is 0 Å². The molecule has 2 atom stereocenters. The summed E-state index contributed by atoms with van der Waals surface area (Å²) in [6.45, 7) is 13.9. The summed E-state index contributed by atoms with van der Waals surface area (Å²) in [7, 11) is 0. The highest BCUT2D eigenvalue weighted by molar-refractivity contribution is 5.73. The number of hydrogen-bond donors (Lipinski definition) is 1. The molecule has 0 spiro atoms. The van der Waals surface area contributed by atoms with E-state index in [-0.39, 0.29) is 17.5 Å². The first-order chi connectivity index (χ1) is 8.37. The van der Waals surface area contributed by atoms with Crippen LogP contribution < -0.4 is 5.32 Å². The maximum absolute atomic E-state index is 12.1. The number of hydrogen-bond acceptors (Lipinski definition) is 4. The highest BCUT2D eigenvalue weighted by Gasteiger charge is 2.32. The van der Waals surface area contributed by atoms with Gasteiger partial charge in [-0.1, -0.05) is 13.8 Å². The molecule has 106 valence electrons. The van der Waals surface area contributed by atoms with Crippen molar-refractivity contribution < 1.29 is 9.53 Å². The fourth-order valence-corrected chi connectivity index (χ4v) is 2.50. The fourth-order valence-electron chi connectivity index (χ4n) is 2.50. The predicted octanol–water partition coefficient (Wildman–Crippen LogP) is 1.65. The second-order valence-corrected chi connectivity index (χ2v) is 6.00. The smallest absolute Gasteiger partial charge is 0.310 e. The summed E-state index contributed by atoms with van der Waals surface area (Å²) in [4.78, 5) is 14.5. The molecule has 0 saturated carbocycles. The van der Waals surface area contributed by atoms with Gasteiger partial charge in [-0.05, 0) is 40.3 Å². The second-order valence-electron chi connectivity index (χ2n) is 6.00. The Morgan fingerprint density at radius 3 is 2.39 bits per heavy atom. The van der Waals surface area contributed by atoms with Gasteiger partial charge in [-0.3, -0.25) is 9.69 Å². The van der Waals surface area contributed by atoms with E-state index in [1.54, 1.807) is 0 Å². The molecule has 0 amide bonds. The molecule has 18 heavy (non-hydrogen) atoms. The summed E-state index contributed by atoms with van der Waals surface area (Å²) in [6.07, 6.45) is 0.906. The molecule has 1 fully saturated rings. The van der Waals surface area contributed by atoms with Gasteiger partial charge in [0, 0.05) is 19.1 Å². The number of nitrogens with one attached hydrogen (secondary N) is 1. The molecule has 0 aliphatic carbocycles. The van der Waals surface area contributed by atoms with Crippen LogP contribution in [-0.2, 0) is 9.53 Å². The van der Waals surface area contributed by atoms with Crippen molar-refractivity contribution in [3.8, 4) is 0 Å². The third-order valence-electron chi connectivity index (χ3n) is 3.40. The molecule has 0 bridgehead atoms. The van der Waals surface area contributed by atoms with Crippen LogP contribution in [0.2, 0.25) is 0 Å². The van der Waals surface area contributed by atoms with Gasteiger partial charge in [0.15, 0.2) is 0 Å². The Bertz CT molecular complexity index is 269. The standard InChI is InChI=1S/C14H28N2O2/c1-6-16(7-2)12-8-11(9-15-10-12)13(17)18-14(3,4)5/h11-12,15H,6-10H2,1-5H3. The molecular formula is C14H28N2O2. The van der Waals surface area contributed by atoms with Crippen LogP contribution >= 0.6 is 0 Å². The lowest BCUT2D eigenvalue weighted by molar-refractivity contribution is -0.161. The van der Waals surface area contributed by atoms with Gasteiger partial charge in [-0.2, -0.15) is 0 Å². The molecule has 0 aromatic heterocycles. The Balaban J connectivity index is 2.55. The Labute approximate surface area is 111 Å². The maximum atomic E-state index is 12.1. The first-order valence-corrected chi connectivity index (χ1v) is 7.05. The molecule has 1 saturated heterocycles. The molecule has 1 heterocycles. The molecule has 4 heteroatoms. The van der Waals surface area contributed by atoms with Gasteiger partial charge in [-0.25, -0.2) is 0 Å². The lowest BCUT2D eigenvalue weighted by Gasteiger charge is -2.36. The summed E-state index contributed by atoms with van der Waals surface area (Å²) in [5, 5.41) is 3.36. The average Bonchev–Trinajstić information content (AvgIpc) is 2.29. The molecule has 4 nitrogen and oxygen atoms in total. The SMILES string of the molecule is CCN(CC)C1CNCC(C(=O)OC(C)(C)C)C1. The number of carbonyl (C=O) groups is 1. The molecule has 1 aliphatic heterocycles. The van der Waals surface area contributed by atoms with Crippen LogP contribution in [0, 0.1) is 5.92 Å². The van der Waals surface area contributed by atoms with E-state index in [1.807, 2.05) is 20.8 Å². The summed E-state index contributed by atoms with van der Waals surface area (Å²) in [5.41, 5.74) is -0.390.